The van der Waals surface area contributed by atoms with Crippen molar-refractivity contribution in [3.63, 3.8) is 0 Å². The first-order chi connectivity index (χ1) is 10.5. The van der Waals surface area contributed by atoms with E-state index < -0.39 is 22.2 Å². The summed E-state index contributed by atoms with van der Waals surface area (Å²) < 4.78 is 29.0. The molecule has 0 radical (unpaired) electrons. The van der Waals surface area contributed by atoms with Crippen LogP contribution in [0.4, 0.5) is 0 Å². The lowest BCUT2D eigenvalue weighted by molar-refractivity contribution is 0.0127. The molecule has 2 aliphatic rings. The monoisotopic (exact) mass is 328 g/mol. The molecule has 0 spiro atoms. The number of nitrogens with zero attached hydrogens (tertiary/aromatic N) is 3. The predicted octanol–water partition coefficient (Wildman–Crippen LogP) is 0.0762. The van der Waals surface area contributed by atoms with Gasteiger partial charge in [0.2, 0.25) is 0 Å². The van der Waals surface area contributed by atoms with Gasteiger partial charge in [0.25, 0.3) is 10.0 Å². The highest BCUT2D eigenvalue weighted by molar-refractivity contribution is 7.89. The van der Waals surface area contributed by atoms with E-state index in [4.69, 9.17) is 0 Å². The van der Waals surface area contributed by atoms with Crippen LogP contribution in [0.25, 0.3) is 0 Å². The summed E-state index contributed by atoms with van der Waals surface area (Å²) in [4.78, 5) is 6.19. The maximum Gasteiger partial charge on any atom is 0.259 e. The predicted molar refractivity (Wildman–Crippen MR) is 81.8 cm³/mol. The van der Waals surface area contributed by atoms with Gasteiger partial charge < -0.3 is 9.67 Å². The van der Waals surface area contributed by atoms with Gasteiger partial charge in [-0.2, -0.15) is 0 Å². The average Bonchev–Trinajstić information content (AvgIpc) is 3.12. The molecule has 1 aliphatic heterocycles. The van der Waals surface area contributed by atoms with Gasteiger partial charge in [-0.15, -0.1) is 0 Å². The second-order valence-corrected chi connectivity index (χ2v) is 8.00. The molecule has 3 atom stereocenters. The summed E-state index contributed by atoms with van der Waals surface area (Å²) in [5, 5.41) is 10.6. The van der Waals surface area contributed by atoms with Crippen molar-refractivity contribution in [1.82, 2.24) is 19.2 Å². The number of sulfonamides is 1. The van der Waals surface area contributed by atoms with Crippen LogP contribution in [-0.2, 0) is 17.1 Å². The van der Waals surface area contributed by atoms with E-state index in [0.717, 1.165) is 38.8 Å². The molecule has 0 amide bonds. The lowest BCUT2D eigenvalue weighted by atomic mass is 9.88. The molecule has 1 saturated heterocycles. The number of aryl methyl sites for hydroxylation is 1. The molecule has 0 unspecified atom stereocenters. The third-order valence-electron chi connectivity index (χ3n) is 4.69. The first-order valence-corrected chi connectivity index (χ1v) is 9.38. The number of nitrogens with one attached hydrogen (secondary N) is 1. The molecule has 1 aromatic heterocycles. The van der Waals surface area contributed by atoms with Crippen molar-refractivity contribution in [2.45, 2.75) is 55.3 Å². The van der Waals surface area contributed by atoms with Crippen LogP contribution in [0.5, 0.6) is 0 Å². The van der Waals surface area contributed by atoms with Crippen LogP contribution in [-0.4, -0.2) is 59.3 Å². The molecular weight excluding hydrogens is 304 g/mol. The average molecular weight is 328 g/mol. The SMILES string of the molecule is Cn1cnc(S(=O)(=O)N[C@@H]2CCC[C@@H](N3CCCC3)[C@@H]2O)c1. The minimum atomic E-state index is -3.68. The Morgan fingerprint density at radius 1 is 1.27 bits per heavy atom. The topological polar surface area (TPSA) is 87.5 Å². The van der Waals surface area contributed by atoms with Gasteiger partial charge in [0.1, 0.15) is 0 Å². The number of hydrogen-bond acceptors (Lipinski definition) is 5. The number of rotatable bonds is 4. The van der Waals surface area contributed by atoms with E-state index in [9.17, 15) is 13.5 Å². The molecule has 1 aliphatic carbocycles. The summed E-state index contributed by atoms with van der Waals surface area (Å²) in [7, 11) is -1.95. The minimum absolute atomic E-state index is 0.00509. The van der Waals surface area contributed by atoms with E-state index in [-0.39, 0.29) is 11.1 Å². The van der Waals surface area contributed by atoms with Gasteiger partial charge in [-0.25, -0.2) is 18.1 Å². The van der Waals surface area contributed by atoms with Gasteiger partial charge in [0.05, 0.1) is 12.4 Å². The normalized spacial score (nSPS) is 30.7. The second-order valence-electron chi connectivity index (χ2n) is 6.34. The maximum atomic E-state index is 12.4. The molecule has 0 aromatic carbocycles. The van der Waals surface area contributed by atoms with Crippen LogP contribution < -0.4 is 4.72 Å². The molecule has 7 nitrogen and oxygen atoms in total. The third-order valence-corrected chi connectivity index (χ3v) is 6.07. The molecule has 2 heterocycles. The Balaban J connectivity index is 1.71. The lowest BCUT2D eigenvalue weighted by Gasteiger charge is -2.39. The standard InChI is InChI=1S/C14H24N4O3S/c1-17-9-13(15-10-17)22(20,21)16-11-5-4-6-12(14(11)19)18-7-2-3-8-18/h9-12,14,16,19H,2-8H2,1H3/t11-,12-,14-/m1/s1. The van der Waals surface area contributed by atoms with Gasteiger partial charge in [0, 0.05) is 25.3 Å². The fraction of sp³-hybridized carbons (Fsp3) is 0.786. The quantitative estimate of drug-likeness (QED) is 0.817. The lowest BCUT2D eigenvalue weighted by Crippen LogP contribution is -2.56. The van der Waals surface area contributed by atoms with Gasteiger partial charge >= 0.3 is 0 Å². The summed E-state index contributed by atoms with van der Waals surface area (Å²) in [5.41, 5.74) is 0. The molecule has 2 N–H and O–H groups in total. The van der Waals surface area contributed by atoms with Crippen molar-refractivity contribution in [2.75, 3.05) is 13.1 Å². The third kappa shape index (κ3) is 3.19. The number of aliphatic hydroxyl groups excluding tert-OH is 1. The summed E-state index contributed by atoms with van der Waals surface area (Å²) in [5.74, 6) is 0. The van der Waals surface area contributed by atoms with Crippen LogP contribution >= 0.6 is 0 Å². The van der Waals surface area contributed by atoms with Crippen molar-refractivity contribution in [3.05, 3.63) is 12.5 Å². The largest absolute Gasteiger partial charge is 0.390 e. The minimum Gasteiger partial charge on any atom is -0.390 e. The Labute approximate surface area is 131 Å². The fourth-order valence-electron chi connectivity index (χ4n) is 3.54. The van der Waals surface area contributed by atoms with Crippen molar-refractivity contribution >= 4 is 10.0 Å². The van der Waals surface area contributed by atoms with E-state index in [1.165, 1.54) is 12.5 Å². The summed E-state index contributed by atoms with van der Waals surface area (Å²) in [6, 6.07) is -0.376. The summed E-state index contributed by atoms with van der Waals surface area (Å²) >= 11 is 0. The van der Waals surface area contributed by atoms with E-state index in [1.54, 1.807) is 11.6 Å². The molecule has 1 saturated carbocycles. The van der Waals surface area contributed by atoms with Crippen molar-refractivity contribution in [1.29, 1.82) is 0 Å². The Kier molecular flexibility index (Phi) is 4.54. The zero-order chi connectivity index (χ0) is 15.7. The number of aliphatic hydroxyl groups is 1. The smallest absolute Gasteiger partial charge is 0.259 e. The fourth-order valence-corrected chi connectivity index (χ4v) is 4.81. The number of imidazole rings is 1. The molecule has 0 bridgehead atoms. The first kappa shape index (κ1) is 15.9. The Bertz CT molecular complexity index is 609. The maximum absolute atomic E-state index is 12.4. The molecule has 3 rings (SSSR count). The Morgan fingerprint density at radius 2 is 2.00 bits per heavy atom. The Morgan fingerprint density at radius 3 is 2.64 bits per heavy atom. The highest BCUT2D eigenvalue weighted by Gasteiger charge is 2.38. The van der Waals surface area contributed by atoms with Crippen molar-refractivity contribution < 1.29 is 13.5 Å². The molecule has 1 aromatic rings. The molecule has 8 heteroatoms. The summed E-state index contributed by atoms with van der Waals surface area (Å²) in [6.07, 6.45) is 7.11. The zero-order valence-corrected chi connectivity index (χ0v) is 13.7. The van der Waals surface area contributed by atoms with E-state index in [0.29, 0.717) is 6.42 Å². The van der Waals surface area contributed by atoms with E-state index in [2.05, 4.69) is 14.6 Å². The van der Waals surface area contributed by atoms with E-state index >= 15 is 0 Å². The van der Waals surface area contributed by atoms with Gasteiger partial charge in [-0.1, -0.05) is 6.42 Å². The van der Waals surface area contributed by atoms with Crippen LogP contribution in [0.15, 0.2) is 17.6 Å². The van der Waals surface area contributed by atoms with Crippen LogP contribution in [0, 0.1) is 0 Å². The van der Waals surface area contributed by atoms with Gasteiger partial charge in [0.15, 0.2) is 5.03 Å². The van der Waals surface area contributed by atoms with Crippen molar-refractivity contribution in [2.24, 2.45) is 7.05 Å². The summed E-state index contributed by atoms with van der Waals surface area (Å²) in [6.45, 7) is 2.00. The molecule has 2 fully saturated rings. The van der Waals surface area contributed by atoms with Crippen LogP contribution in [0.2, 0.25) is 0 Å². The van der Waals surface area contributed by atoms with Crippen molar-refractivity contribution in [3.8, 4) is 0 Å². The highest BCUT2D eigenvalue weighted by atomic mass is 32.2. The molecular formula is C14H24N4O3S. The van der Waals surface area contributed by atoms with E-state index in [1.807, 2.05) is 0 Å². The number of likely N-dealkylation sites (tertiary alicyclic amines) is 1. The second kappa shape index (κ2) is 6.27. The Hall–Kier alpha value is -0.960. The van der Waals surface area contributed by atoms with Gasteiger partial charge in [-0.05, 0) is 38.8 Å². The number of aromatic nitrogens is 2. The zero-order valence-electron chi connectivity index (χ0n) is 12.9. The van der Waals surface area contributed by atoms with Crippen LogP contribution in [0.1, 0.15) is 32.1 Å². The van der Waals surface area contributed by atoms with Crippen LogP contribution in [0.3, 0.4) is 0 Å². The number of hydrogen-bond donors (Lipinski definition) is 2. The first-order valence-electron chi connectivity index (χ1n) is 7.90. The highest BCUT2D eigenvalue weighted by Crippen LogP contribution is 2.27. The molecule has 124 valence electrons. The van der Waals surface area contributed by atoms with Gasteiger partial charge in [-0.3, -0.25) is 4.90 Å². The molecule has 22 heavy (non-hydrogen) atoms.